The van der Waals surface area contributed by atoms with Crippen molar-refractivity contribution in [2.75, 3.05) is 38.8 Å². The quantitative estimate of drug-likeness (QED) is 0.851. The van der Waals surface area contributed by atoms with Crippen LogP contribution >= 0.6 is 0 Å². The summed E-state index contributed by atoms with van der Waals surface area (Å²) < 4.78 is 10.9. The molecule has 2 heterocycles. The van der Waals surface area contributed by atoms with E-state index in [4.69, 9.17) is 9.47 Å². The van der Waals surface area contributed by atoms with Gasteiger partial charge in [-0.1, -0.05) is 6.92 Å². The molecule has 0 spiro atoms. The van der Waals surface area contributed by atoms with Crippen molar-refractivity contribution in [1.29, 1.82) is 0 Å². The lowest BCUT2D eigenvalue weighted by Crippen LogP contribution is -2.56. The molecule has 2 aliphatic heterocycles. The Balaban J connectivity index is 1.90. The number of nitrogens with zero attached hydrogens (tertiary/aromatic N) is 2. The zero-order valence-electron chi connectivity index (χ0n) is 13.3. The van der Waals surface area contributed by atoms with E-state index in [9.17, 15) is 0 Å². The van der Waals surface area contributed by atoms with Crippen LogP contribution in [0.15, 0.2) is 18.2 Å². The first kappa shape index (κ1) is 14.5. The second-order valence-corrected chi connectivity index (χ2v) is 6.04. The molecule has 3 rings (SSSR count). The van der Waals surface area contributed by atoms with E-state index in [1.165, 1.54) is 38.0 Å². The summed E-state index contributed by atoms with van der Waals surface area (Å²) in [5.41, 5.74) is 1.21. The van der Waals surface area contributed by atoms with Crippen LogP contribution in [-0.2, 0) is 0 Å². The molecule has 21 heavy (non-hydrogen) atoms. The Bertz CT molecular complexity index is 492. The average molecular weight is 290 g/mol. The van der Waals surface area contributed by atoms with Crippen molar-refractivity contribution >= 4 is 5.69 Å². The maximum absolute atomic E-state index is 5.61. The molecule has 1 aromatic rings. The maximum atomic E-state index is 5.61. The zero-order chi connectivity index (χ0) is 14.8. The molecular weight excluding hydrogens is 264 g/mol. The van der Waals surface area contributed by atoms with Crippen molar-refractivity contribution in [2.24, 2.45) is 0 Å². The standard InChI is InChI=1S/C17H26N2O2/c1-4-13-11-18-9-5-6-14(18)12-19(13)16-8-7-15(20-2)10-17(16)21-3/h7-8,10,13-14H,4-6,9,11-12H2,1-3H3. The Morgan fingerprint density at radius 3 is 2.76 bits per heavy atom. The molecule has 2 saturated heterocycles. The predicted octanol–water partition coefficient (Wildman–Crippen LogP) is 2.77. The van der Waals surface area contributed by atoms with Crippen LogP contribution in [0.25, 0.3) is 0 Å². The number of hydrogen-bond acceptors (Lipinski definition) is 4. The van der Waals surface area contributed by atoms with Gasteiger partial charge in [0.05, 0.1) is 19.9 Å². The molecular formula is C17H26N2O2. The lowest BCUT2D eigenvalue weighted by atomic mass is 10.0. The second kappa shape index (κ2) is 6.14. The van der Waals surface area contributed by atoms with Gasteiger partial charge in [0.15, 0.2) is 0 Å². The van der Waals surface area contributed by atoms with Gasteiger partial charge in [-0.3, -0.25) is 4.90 Å². The fraction of sp³-hybridized carbons (Fsp3) is 0.647. The van der Waals surface area contributed by atoms with Gasteiger partial charge in [-0.05, 0) is 37.9 Å². The van der Waals surface area contributed by atoms with Gasteiger partial charge >= 0.3 is 0 Å². The maximum Gasteiger partial charge on any atom is 0.145 e. The fourth-order valence-electron chi connectivity index (χ4n) is 3.75. The average Bonchev–Trinajstić information content (AvgIpc) is 3.00. The van der Waals surface area contributed by atoms with Gasteiger partial charge in [0.2, 0.25) is 0 Å². The highest BCUT2D eigenvalue weighted by Crippen LogP contribution is 2.37. The molecule has 0 aromatic heterocycles. The van der Waals surface area contributed by atoms with Crippen LogP contribution in [0.1, 0.15) is 26.2 Å². The third-order valence-corrected chi connectivity index (χ3v) is 4.96. The first-order valence-corrected chi connectivity index (χ1v) is 7.99. The van der Waals surface area contributed by atoms with E-state index in [2.05, 4.69) is 22.8 Å². The van der Waals surface area contributed by atoms with Gasteiger partial charge in [0.25, 0.3) is 0 Å². The number of piperazine rings is 1. The minimum Gasteiger partial charge on any atom is -0.497 e. The summed E-state index contributed by atoms with van der Waals surface area (Å²) in [4.78, 5) is 5.21. The highest BCUT2D eigenvalue weighted by molar-refractivity contribution is 5.62. The largest absolute Gasteiger partial charge is 0.497 e. The minimum atomic E-state index is 0.571. The molecule has 2 atom stereocenters. The van der Waals surface area contributed by atoms with Gasteiger partial charge < -0.3 is 14.4 Å². The topological polar surface area (TPSA) is 24.9 Å². The van der Waals surface area contributed by atoms with Gasteiger partial charge in [0, 0.05) is 31.2 Å². The number of methoxy groups -OCH3 is 2. The molecule has 0 bridgehead atoms. The van der Waals surface area contributed by atoms with Crippen LogP contribution in [0.2, 0.25) is 0 Å². The van der Waals surface area contributed by atoms with E-state index < -0.39 is 0 Å². The molecule has 2 fully saturated rings. The number of rotatable bonds is 4. The van der Waals surface area contributed by atoms with Crippen LogP contribution in [0.4, 0.5) is 5.69 Å². The van der Waals surface area contributed by atoms with Crippen molar-refractivity contribution < 1.29 is 9.47 Å². The molecule has 2 unspecified atom stereocenters. The SMILES string of the molecule is CCC1CN2CCCC2CN1c1ccc(OC)cc1OC. The van der Waals surface area contributed by atoms with Gasteiger partial charge in [0.1, 0.15) is 11.5 Å². The summed E-state index contributed by atoms with van der Waals surface area (Å²) in [6.07, 6.45) is 3.83. The molecule has 0 saturated carbocycles. The molecule has 0 aliphatic carbocycles. The highest BCUT2D eigenvalue weighted by atomic mass is 16.5. The molecule has 1 aromatic carbocycles. The smallest absolute Gasteiger partial charge is 0.145 e. The Morgan fingerprint density at radius 2 is 2.05 bits per heavy atom. The fourth-order valence-corrected chi connectivity index (χ4v) is 3.75. The summed E-state index contributed by atoms with van der Waals surface area (Å²) >= 11 is 0. The van der Waals surface area contributed by atoms with Crippen molar-refractivity contribution in [3.63, 3.8) is 0 Å². The van der Waals surface area contributed by atoms with Gasteiger partial charge in [-0.25, -0.2) is 0 Å². The molecule has 4 nitrogen and oxygen atoms in total. The Morgan fingerprint density at radius 1 is 1.19 bits per heavy atom. The van der Waals surface area contributed by atoms with Crippen molar-refractivity contribution in [1.82, 2.24) is 4.90 Å². The summed E-state index contributed by atoms with van der Waals surface area (Å²) in [5.74, 6) is 1.77. The molecule has 0 N–H and O–H groups in total. The Hall–Kier alpha value is -1.42. The summed E-state index contributed by atoms with van der Waals surface area (Å²) in [6.45, 7) is 5.84. The minimum absolute atomic E-state index is 0.571. The summed E-state index contributed by atoms with van der Waals surface area (Å²) in [5, 5.41) is 0. The van der Waals surface area contributed by atoms with E-state index in [1.54, 1.807) is 14.2 Å². The second-order valence-electron chi connectivity index (χ2n) is 6.04. The van der Waals surface area contributed by atoms with E-state index in [1.807, 2.05) is 12.1 Å². The van der Waals surface area contributed by atoms with Gasteiger partial charge in [-0.15, -0.1) is 0 Å². The first-order chi connectivity index (χ1) is 10.3. The van der Waals surface area contributed by atoms with Crippen LogP contribution < -0.4 is 14.4 Å². The van der Waals surface area contributed by atoms with Crippen LogP contribution in [0.5, 0.6) is 11.5 Å². The Kier molecular flexibility index (Phi) is 4.24. The number of ether oxygens (including phenoxy) is 2. The first-order valence-electron chi connectivity index (χ1n) is 7.99. The predicted molar refractivity (Wildman–Crippen MR) is 85.6 cm³/mol. The zero-order valence-corrected chi connectivity index (χ0v) is 13.3. The van der Waals surface area contributed by atoms with Crippen molar-refractivity contribution in [2.45, 2.75) is 38.3 Å². The lowest BCUT2D eigenvalue weighted by Gasteiger charge is -2.45. The number of hydrogen-bond donors (Lipinski definition) is 0. The molecule has 0 amide bonds. The van der Waals surface area contributed by atoms with E-state index in [-0.39, 0.29) is 0 Å². The van der Waals surface area contributed by atoms with E-state index in [0.29, 0.717) is 12.1 Å². The van der Waals surface area contributed by atoms with Crippen LogP contribution in [0.3, 0.4) is 0 Å². The van der Waals surface area contributed by atoms with Crippen LogP contribution in [-0.4, -0.2) is 50.8 Å². The lowest BCUT2D eigenvalue weighted by molar-refractivity contribution is 0.194. The highest BCUT2D eigenvalue weighted by Gasteiger charge is 2.36. The van der Waals surface area contributed by atoms with Crippen LogP contribution in [0, 0.1) is 0 Å². The Labute approximate surface area is 127 Å². The van der Waals surface area contributed by atoms with E-state index >= 15 is 0 Å². The molecule has 2 aliphatic rings. The molecule has 0 radical (unpaired) electrons. The number of benzene rings is 1. The number of anilines is 1. The number of fused-ring (bicyclic) bond motifs is 1. The van der Waals surface area contributed by atoms with Gasteiger partial charge in [-0.2, -0.15) is 0 Å². The van der Waals surface area contributed by atoms with Crippen molar-refractivity contribution in [3.05, 3.63) is 18.2 Å². The van der Waals surface area contributed by atoms with E-state index in [0.717, 1.165) is 18.0 Å². The monoisotopic (exact) mass is 290 g/mol. The van der Waals surface area contributed by atoms with Crippen molar-refractivity contribution in [3.8, 4) is 11.5 Å². The summed E-state index contributed by atoms with van der Waals surface area (Å²) in [6, 6.07) is 7.45. The summed E-state index contributed by atoms with van der Waals surface area (Å²) in [7, 11) is 3.44. The molecule has 4 heteroatoms. The third kappa shape index (κ3) is 2.69. The third-order valence-electron chi connectivity index (χ3n) is 4.96. The molecule has 116 valence electrons. The normalized spacial score (nSPS) is 25.8.